The Hall–Kier alpha value is -3.19. The molecule has 0 aliphatic carbocycles. The number of non-ortho nitro benzene ring substituents is 1. The summed E-state index contributed by atoms with van der Waals surface area (Å²) in [5.41, 5.74) is 1.57. The van der Waals surface area contributed by atoms with Gasteiger partial charge in [0.15, 0.2) is 5.16 Å². The third kappa shape index (κ3) is 3.29. The van der Waals surface area contributed by atoms with E-state index >= 15 is 0 Å². The van der Waals surface area contributed by atoms with Crippen LogP contribution in [0.2, 0.25) is 0 Å². The van der Waals surface area contributed by atoms with Crippen molar-refractivity contribution >= 4 is 39.1 Å². The van der Waals surface area contributed by atoms with E-state index in [1.54, 1.807) is 23.7 Å². The van der Waals surface area contributed by atoms with Crippen molar-refractivity contribution < 1.29 is 4.92 Å². The molecule has 0 amide bonds. The van der Waals surface area contributed by atoms with Gasteiger partial charge >= 0.3 is 0 Å². The summed E-state index contributed by atoms with van der Waals surface area (Å²) in [5.74, 6) is 0.567. The van der Waals surface area contributed by atoms with Crippen LogP contribution in [0.15, 0.2) is 70.6 Å². The largest absolute Gasteiger partial charge is 0.290 e. The lowest BCUT2D eigenvalue weighted by Crippen LogP contribution is -2.20. The topological polar surface area (TPSA) is 78.0 Å². The quantitative estimate of drug-likeness (QED) is 0.174. The average Bonchev–Trinajstić information content (AvgIpc) is 2.69. The van der Waals surface area contributed by atoms with Gasteiger partial charge in [-0.05, 0) is 28.5 Å². The summed E-state index contributed by atoms with van der Waals surface area (Å²) in [6.45, 7) is 0. The molecule has 0 bridgehead atoms. The number of fused-ring (bicyclic) bond motifs is 2. The van der Waals surface area contributed by atoms with Gasteiger partial charge in [-0.3, -0.25) is 19.5 Å². The normalized spacial score (nSPS) is 11.1. The van der Waals surface area contributed by atoms with Gasteiger partial charge < -0.3 is 0 Å². The molecule has 0 saturated carbocycles. The standard InChI is InChI=1S/C20H15N3O3S/c1-22-19(24)17-10-14-4-2-3-5-15(14)11-18(17)21-20(22)27-12-13-6-8-16(9-7-13)23(25)26/h2-11H,12H2,1H3. The molecule has 3 aromatic carbocycles. The molecule has 4 rings (SSSR count). The molecule has 0 saturated heterocycles. The molecule has 0 atom stereocenters. The third-order valence-corrected chi connectivity index (χ3v) is 5.52. The molecule has 27 heavy (non-hydrogen) atoms. The fourth-order valence-electron chi connectivity index (χ4n) is 2.93. The van der Waals surface area contributed by atoms with Crippen LogP contribution in [0.1, 0.15) is 5.56 Å². The number of hydrogen-bond donors (Lipinski definition) is 0. The van der Waals surface area contributed by atoms with Gasteiger partial charge in [-0.25, -0.2) is 4.98 Å². The molecule has 7 heteroatoms. The number of aromatic nitrogens is 2. The Morgan fingerprint density at radius 1 is 1.07 bits per heavy atom. The number of benzene rings is 3. The van der Waals surface area contributed by atoms with Crippen LogP contribution in [0, 0.1) is 10.1 Å². The van der Waals surface area contributed by atoms with Gasteiger partial charge in [0, 0.05) is 24.9 Å². The first-order chi connectivity index (χ1) is 13.0. The predicted octanol–water partition coefficient (Wildman–Crippen LogP) is 4.29. The maximum absolute atomic E-state index is 12.8. The van der Waals surface area contributed by atoms with Gasteiger partial charge in [-0.15, -0.1) is 0 Å². The fourth-order valence-corrected chi connectivity index (χ4v) is 3.86. The Kier molecular flexibility index (Phi) is 4.37. The Bertz CT molecular complexity index is 1230. The van der Waals surface area contributed by atoms with E-state index in [1.807, 2.05) is 36.4 Å². The fraction of sp³-hybridized carbons (Fsp3) is 0.100. The molecular formula is C20H15N3O3S. The predicted molar refractivity (Wildman–Crippen MR) is 107 cm³/mol. The SMILES string of the molecule is Cn1c(SCc2ccc([N+](=O)[O-])cc2)nc2cc3ccccc3cc2c1=O. The minimum Gasteiger partial charge on any atom is -0.290 e. The van der Waals surface area contributed by atoms with Gasteiger partial charge in [0.2, 0.25) is 0 Å². The van der Waals surface area contributed by atoms with Crippen molar-refractivity contribution in [3.8, 4) is 0 Å². The zero-order chi connectivity index (χ0) is 19.0. The lowest BCUT2D eigenvalue weighted by atomic mass is 10.1. The maximum Gasteiger partial charge on any atom is 0.269 e. The summed E-state index contributed by atoms with van der Waals surface area (Å²) in [6.07, 6.45) is 0. The van der Waals surface area contributed by atoms with Gasteiger partial charge in [-0.1, -0.05) is 48.2 Å². The monoisotopic (exact) mass is 377 g/mol. The lowest BCUT2D eigenvalue weighted by molar-refractivity contribution is -0.384. The maximum atomic E-state index is 12.8. The van der Waals surface area contributed by atoms with Crippen LogP contribution in [0.4, 0.5) is 5.69 Å². The average molecular weight is 377 g/mol. The van der Waals surface area contributed by atoms with Gasteiger partial charge in [-0.2, -0.15) is 0 Å². The van der Waals surface area contributed by atoms with Crippen molar-refractivity contribution in [2.24, 2.45) is 7.05 Å². The smallest absolute Gasteiger partial charge is 0.269 e. The minimum absolute atomic E-state index is 0.0619. The molecule has 4 aromatic rings. The second-order valence-electron chi connectivity index (χ2n) is 6.19. The van der Waals surface area contributed by atoms with E-state index < -0.39 is 4.92 Å². The van der Waals surface area contributed by atoms with Crippen molar-refractivity contribution in [1.29, 1.82) is 0 Å². The van der Waals surface area contributed by atoms with E-state index in [0.29, 0.717) is 21.8 Å². The van der Waals surface area contributed by atoms with Gasteiger partial charge in [0.25, 0.3) is 11.2 Å². The first-order valence-corrected chi connectivity index (χ1v) is 9.27. The Labute approximate surface area is 158 Å². The Balaban J connectivity index is 1.69. The molecule has 0 unspecified atom stereocenters. The number of hydrogen-bond acceptors (Lipinski definition) is 5. The minimum atomic E-state index is -0.421. The van der Waals surface area contributed by atoms with E-state index in [1.165, 1.54) is 23.9 Å². The summed E-state index contributed by atoms with van der Waals surface area (Å²) in [7, 11) is 1.71. The van der Waals surface area contributed by atoms with Crippen LogP contribution < -0.4 is 5.56 Å². The Morgan fingerprint density at radius 2 is 1.74 bits per heavy atom. The first kappa shape index (κ1) is 17.2. The highest BCUT2D eigenvalue weighted by molar-refractivity contribution is 7.98. The van der Waals surface area contributed by atoms with Gasteiger partial charge in [0.05, 0.1) is 15.8 Å². The van der Waals surface area contributed by atoms with Crippen LogP contribution in [0.5, 0.6) is 0 Å². The number of nitro benzene ring substituents is 1. The Morgan fingerprint density at radius 3 is 2.41 bits per heavy atom. The summed E-state index contributed by atoms with van der Waals surface area (Å²) in [5, 5.41) is 14.0. The number of rotatable bonds is 4. The van der Waals surface area contributed by atoms with Crippen LogP contribution >= 0.6 is 11.8 Å². The molecule has 0 N–H and O–H groups in total. The highest BCUT2D eigenvalue weighted by Gasteiger charge is 2.11. The summed E-state index contributed by atoms with van der Waals surface area (Å²) in [6, 6.07) is 18.1. The van der Waals surface area contributed by atoms with E-state index in [4.69, 9.17) is 0 Å². The summed E-state index contributed by atoms with van der Waals surface area (Å²) in [4.78, 5) is 27.7. The van der Waals surface area contributed by atoms with Crippen molar-refractivity contribution in [3.63, 3.8) is 0 Å². The zero-order valence-electron chi connectivity index (χ0n) is 14.5. The second kappa shape index (κ2) is 6.85. The second-order valence-corrected chi connectivity index (χ2v) is 7.13. The first-order valence-electron chi connectivity index (χ1n) is 8.28. The van der Waals surface area contributed by atoms with Gasteiger partial charge in [0.1, 0.15) is 0 Å². The molecule has 6 nitrogen and oxygen atoms in total. The number of thioether (sulfide) groups is 1. The van der Waals surface area contributed by atoms with Crippen LogP contribution in [0.25, 0.3) is 21.7 Å². The van der Waals surface area contributed by atoms with E-state index in [9.17, 15) is 14.9 Å². The van der Waals surface area contributed by atoms with Crippen molar-refractivity contribution in [2.45, 2.75) is 10.9 Å². The number of nitro groups is 1. The molecule has 0 spiro atoms. The molecule has 0 aliphatic heterocycles. The van der Waals surface area contributed by atoms with E-state index in [-0.39, 0.29) is 11.2 Å². The summed E-state index contributed by atoms with van der Waals surface area (Å²) < 4.78 is 1.55. The van der Waals surface area contributed by atoms with Crippen molar-refractivity contribution in [3.05, 3.63) is 86.7 Å². The number of nitrogens with zero attached hydrogens (tertiary/aromatic N) is 3. The summed E-state index contributed by atoms with van der Waals surface area (Å²) >= 11 is 1.43. The highest BCUT2D eigenvalue weighted by atomic mass is 32.2. The highest BCUT2D eigenvalue weighted by Crippen LogP contribution is 2.25. The molecule has 0 aliphatic rings. The van der Waals surface area contributed by atoms with Crippen LogP contribution in [-0.2, 0) is 12.8 Å². The molecule has 134 valence electrons. The third-order valence-electron chi connectivity index (χ3n) is 4.42. The zero-order valence-corrected chi connectivity index (χ0v) is 15.3. The van der Waals surface area contributed by atoms with Crippen LogP contribution in [0.3, 0.4) is 0 Å². The van der Waals surface area contributed by atoms with Crippen LogP contribution in [-0.4, -0.2) is 14.5 Å². The lowest BCUT2D eigenvalue weighted by Gasteiger charge is -2.09. The van der Waals surface area contributed by atoms with E-state index in [2.05, 4.69) is 4.98 Å². The molecule has 1 aromatic heterocycles. The molecule has 1 heterocycles. The molecule has 0 radical (unpaired) electrons. The molecule has 0 fully saturated rings. The van der Waals surface area contributed by atoms with E-state index in [0.717, 1.165) is 16.3 Å². The van der Waals surface area contributed by atoms with Crippen molar-refractivity contribution in [1.82, 2.24) is 9.55 Å². The van der Waals surface area contributed by atoms with Crippen molar-refractivity contribution in [2.75, 3.05) is 0 Å². The molecular weight excluding hydrogens is 362 g/mol.